The number of carbonyl (C=O) groups is 1. The van der Waals surface area contributed by atoms with E-state index in [1.165, 1.54) is 11.8 Å². The number of fused-ring (bicyclic) bond motifs is 3. The number of hydrogen-bond donors (Lipinski definition) is 1. The van der Waals surface area contributed by atoms with E-state index >= 15 is 0 Å². The highest BCUT2D eigenvalue weighted by Gasteiger charge is 2.16. The third-order valence-electron chi connectivity index (χ3n) is 3.64. The second-order valence-electron chi connectivity index (χ2n) is 5.21. The van der Waals surface area contributed by atoms with Gasteiger partial charge < -0.3 is 5.32 Å². The van der Waals surface area contributed by atoms with Gasteiger partial charge in [-0.15, -0.1) is 5.10 Å². The molecule has 1 amide bonds. The molecule has 1 saturated heterocycles. The van der Waals surface area contributed by atoms with E-state index in [2.05, 4.69) is 32.6 Å². The first-order chi connectivity index (χ1) is 11.7. The first-order valence-electron chi connectivity index (χ1n) is 7.22. The molecule has 0 aliphatic carbocycles. The number of rotatable bonds is 2. The molecule has 0 bridgehead atoms. The van der Waals surface area contributed by atoms with Crippen molar-refractivity contribution < 1.29 is 4.79 Å². The smallest absolute Gasteiger partial charge is 0.236 e. The highest BCUT2D eigenvalue weighted by atomic mass is 35.5. The largest absolute Gasteiger partial charge is 0.303 e. The van der Waals surface area contributed by atoms with E-state index in [4.69, 9.17) is 11.6 Å². The predicted octanol–water partition coefficient (Wildman–Crippen LogP) is 3.59. The van der Waals surface area contributed by atoms with Gasteiger partial charge >= 0.3 is 0 Å². The average Bonchev–Trinajstić information content (AvgIpc) is 3.00. The molecule has 2 heterocycles. The summed E-state index contributed by atoms with van der Waals surface area (Å²) in [5.41, 5.74) is 1.51. The van der Waals surface area contributed by atoms with Gasteiger partial charge in [0, 0.05) is 10.9 Å². The first-order valence-corrected chi connectivity index (χ1v) is 8.59. The molecule has 1 N–H and O–H groups in total. The summed E-state index contributed by atoms with van der Waals surface area (Å²) in [4.78, 5) is 15.6. The van der Waals surface area contributed by atoms with Gasteiger partial charge in [0.05, 0.1) is 17.5 Å². The van der Waals surface area contributed by atoms with E-state index in [0.717, 1.165) is 21.7 Å². The van der Waals surface area contributed by atoms with Crippen LogP contribution < -0.4 is 5.32 Å². The summed E-state index contributed by atoms with van der Waals surface area (Å²) in [5, 5.41) is 14.7. The molecule has 5 nitrogen and oxygen atoms in total. The third kappa shape index (κ3) is 2.86. The van der Waals surface area contributed by atoms with Crippen molar-refractivity contribution in [2.24, 2.45) is 10.2 Å². The fourth-order valence-corrected chi connectivity index (χ4v) is 3.36. The summed E-state index contributed by atoms with van der Waals surface area (Å²) in [6.45, 7) is 0. The molecule has 0 unspecified atom stereocenters. The monoisotopic (exact) mass is 354 g/mol. The second-order valence-corrected chi connectivity index (χ2v) is 6.53. The molecular weight excluding hydrogens is 344 g/mol. The normalized spacial score (nSPS) is 16.5. The lowest BCUT2D eigenvalue weighted by Crippen LogP contribution is -2.19. The van der Waals surface area contributed by atoms with Crippen molar-refractivity contribution >= 4 is 62.3 Å². The van der Waals surface area contributed by atoms with Crippen molar-refractivity contribution in [1.82, 2.24) is 10.3 Å². The van der Waals surface area contributed by atoms with Crippen molar-refractivity contribution in [1.29, 1.82) is 0 Å². The van der Waals surface area contributed by atoms with E-state index in [9.17, 15) is 4.79 Å². The van der Waals surface area contributed by atoms with Crippen LogP contribution in [0.5, 0.6) is 0 Å². The van der Waals surface area contributed by atoms with E-state index in [1.807, 2.05) is 30.3 Å². The maximum atomic E-state index is 11.1. The number of carbonyl (C=O) groups excluding carboxylic acids is 1. The van der Waals surface area contributed by atoms with E-state index in [-0.39, 0.29) is 5.91 Å². The Kier molecular flexibility index (Phi) is 3.92. The van der Waals surface area contributed by atoms with Crippen LogP contribution in [0.2, 0.25) is 5.15 Å². The standard InChI is InChI=1S/C17H11ClN4OS/c18-16-11(8-19-22-17-21-15(23)9-24-17)7-13-12-4-2-1-3-10(12)5-6-14(13)20-16/h1-8H,9H2,(H,21,22,23). The highest BCUT2D eigenvalue weighted by Crippen LogP contribution is 2.27. The number of amides is 1. The Morgan fingerprint density at radius 1 is 1.21 bits per heavy atom. The molecule has 0 saturated carbocycles. The molecule has 24 heavy (non-hydrogen) atoms. The van der Waals surface area contributed by atoms with Crippen LogP contribution in [-0.4, -0.2) is 28.0 Å². The second kappa shape index (κ2) is 6.22. The lowest BCUT2D eigenvalue weighted by molar-refractivity contribution is -0.116. The molecule has 0 radical (unpaired) electrons. The summed E-state index contributed by atoms with van der Waals surface area (Å²) < 4.78 is 0. The summed E-state index contributed by atoms with van der Waals surface area (Å²) in [7, 11) is 0. The number of benzene rings is 2. The number of amidine groups is 1. The Labute approximate surface area is 146 Å². The molecule has 1 aliphatic rings. The number of halogens is 1. The number of thioether (sulfide) groups is 1. The summed E-state index contributed by atoms with van der Waals surface area (Å²) in [6, 6.07) is 14.1. The van der Waals surface area contributed by atoms with Gasteiger partial charge in [-0.3, -0.25) is 4.79 Å². The molecule has 7 heteroatoms. The zero-order chi connectivity index (χ0) is 16.5. The molecule has 1 aliphatic heterocycles. The fraction of sp³-hybridized carbons (Fsp3) is 0.0588. The van der Waals surface area contributed by atoms with Crippen LogP contribution in [0.3, 0.4) is 0 Å². The number of hydrogen-bond acceptors (Lipinski definition) is 5. The van der Waals surface area contributed by atoms with Crippen LogP contribution in [0.1, 0.15) is 5.56 Å². The van der Waals surface area contributed by atoms with Crippen LogP contribution in [0, 0.1) is 0 Å². The molecule has 118 valence electrons. The number of nitrogens with zero attached hydrogens (tertiary/aromatic N) is 3. The van der Waals surface area contributed by atoms with E-state index in [0.29, 0.717) is 21.6 Å². The summed E-state index contributed by atoms with van der Waals surface area (Å²) in [5.74, 6) is 0.310. The average molecular weight is 355 g/mol. The van der Waals surface area contributed by atoms with Gasteiger partial charge in [0.1, 0.15) is 5.15 Å². The van der Waals surface area contributed by atoms with E-state index < -0.39 is 0 Å². The molecule has 0 spiro atoms. The van der Waals surface area contributed by atoms with Crippen LogP contribution in [0.15, 0.2) is 52.7 Å². The number of pyridine rings is 1. The maximum Gasteiger partial charge on any atom is 0.236 e. The van der Waals surface area contributed by atoms with Gasteiger partial charge in [-0.05, 0) is 22.9 Å². The lowest BCUT2D eigenvalue weighted by Gasteiger charge is -2.05. The quantitative estimate of drug-likeness (QED) is 0.331. The van der Waals surface area contributed by atoms with Gasteiger partial charge in [-0.1, -0.05) is 53.7 Å². The SMILES string of the molecule is O=C1CSC(=NN=Cc2cc3c(ccc4ccccc43)nc2Cl)N1. The zero-order valence-corrected chi connectivity index (χ0v) is 13.9. The molecule has 1 aromatic heterocycles. The van der Waals surface area contributed by atoms with Crippen molar-refractivity contribution in [3.63, 3.8) is 0 Å². The van der Waals surface area contributed by atoms with Crippen molar-refractivity contribution in [3.8, 4) is 0 Å². The number of aromatic nitrogens is 1. The van der Waals surface area contributed by atoms with E-state index in [1.54, 1.807) is 6.21 Å². The van der Waals surface area contributed by atoms with Gasteiger partial charge in [0.15, 0.2) is 5.17 Å². The minimum Gasteiger partial charge on any atom is -0.303 e. The Morgan fingerprint density at radius 3 is 2.92 bits per heavy atom. The van der Waals surface area contributed by atoms with Crippen LogP contribution in [0.25, 0.3) is 21.7 Å². The topological polar surface area (TPSA) is 66.7 Å². The van der Waals surface area contributed by atoms with Crippen LogP contribution in [-0.2, 0) is 4.79 Å². The lowest BCUT2D eigenvalue weighted by atomic mass is 10.0. The Bertz CT molecular complexity index is 1030. The maximum absolute atomic E-state index is 11.1. The fourth-order valence-electron chi connectivity index (χ4n) is 2.53. The van der Waals surface area contributed by atoms with Crippen molar-refractivity contribution in [2.45, 2.75) is 0 Å². The molecular formula is C17H11ClN4OS. The van der Waals surface area contributed by atoms with Gasteiger partial charge in [-0.2, -0.15) is 5.10 Å². The van der Waals surface area contributed by atoms with Crippen molar-refractivity contribution in [3.05, 3.63) is 53.2 Å². The highest BCUT2D eigenvalue weighted by molar-refractivity contribution is 8.15. The zero-order valence-electron chi connectivity index (χ0n) is 12.4. The summed E-state index contributed by atoms with van der Waals surface area (Å²) in [6.07, 6.45) is 1.55. The Morgan fingerprint density at radius 2 is 2.08 bits per heavy atom. The number of nitrogens with one attached hydrogen (secondary N) is 1. The van der Waals surface area contributed by atoms with Gasteiger partial charge in [-0.25, -0.2) is 4.98 Å². The Hall–Kier alpha value is -2.44. The van der Waals surface area contributed by atoms with Crippen LogP contribution in [0.4, 0.5) is 0 Å². The minimum absolute atomic E-state index is 0.0641. The molecule has 4 rings (SSSR count). The van der Waals surface area contributed by atoms with Crippen LogP contribution >= 0.6 is 23.4 Å². The molecule has 2 aromatic carbocycles. The molecule has 0 atom stereocenters. The first kappa shape index (κ1) is 15.1. The van der Waals surface area contributed by atoms with Gasteiger partial charge in [0.2, 0.25) is 5.91 Å². The van der Waals surface area contributed by atoms with Gasteiger partial charge in [0.25, 0.3) is 0 Å². The molecule has 3 aromatic rings. The summed E-state index contributed by atoms with van der Waals surface area (Å²) >= 11 is 7.57. The van der Waals surface area contributed by atoms with Crippen molar-refractivity contribution in [2.75, 3.05) is 5.75 Å². The third-order valence-corrected chi connectivity index (χ3v) is 4.80. The molecule has 1 fully saturated rings. The predicted molar refractivity (Wildman–Crippen MR) is 99.9 cm³/mol. The minimum atomic E-state index is -0.0641. The Balaban J connectivity index is 1.76.